The van der Waals surface area contributed by atoms with E-state index in [-0.39, 0.29) is 0 Å². The van der Waals surface area contributed by atoms with Gasteiger partial charge in [0.15, 0.2) is 0 Å². The van der Waals surface area contributed by atoms with Crippen LogP contribution in [-0.2, 0) is 4.74 Å². The number of likely N-dealkylation sites (N-methyl/N-ethyl adjacent to an activating group) is 1. The third-order valence-corrected chi connectivity index (χ3v) is 3.29. The van der Waals surface area contributed by atoms with Crippen molar-refractivity contribution >= 4 is 27.6 Å². The van der Waals surface area contributed by atoms with Crippen LogP contribution in [0.4, 0.5) is 11.6 Å². The van der Waals surface area contributed by atoms with E-state index >= 15 is 0 Å². The van der Waals surface area contributed by atoms with Gasteiger partial charge in [-0.25, -0.2) is 9.97 Å². The summed E-state index contributed by atoms with van der Waals surface area (Å²) in [4.78, 5) is 10.7. The second-order valence-electron chi connectivity index (χ2n) is 3.86. The highest BCUT2D eigenvalue weighted by atomic mass is 79.9. The molecular formula is C12H21BrN4O. The Hall–Kier alpha value is -0.880. The molecule has 1 heterocycles. The van der Waals surface area contributed by atoms with Crippen molar-refractivity contribution in [3.63, 3.8) is 0 Å². The summed E-state index contributed by atoms with van der Waals surface area (Å²) in [5, 5.41) is 3.28. The molecule has 1 aromatic rings. The molecule has 18 heavy (non-hydrogen) atoms. The van der Waals surface area contributed by atoms with Crippen LogP contribution in [0.5, 0.6) is 0 Å². The molecule has 0 bridgehead atoms. The number of halogens is 1. The fourth-order valence-corrected chi connectivity index (χ4v) is 2.16. The maximum atomic E-state index is 5.11. The molecule has 0 aliphatic rings. The lowest BCUT2D eigenvalue weighted by atomic mass is 10.4. The Morgan fingerprint density at radius 2 is 2.17 bits per heavy atom. The van der Waals surface area contributed by atoms with Crippen molar-refractivity contribution in [1.82, 2.24) is 9.97 Å². The van der Waals surface area contributed by atoms with Gasteiger partial charge in [-0.3, -0.25) is 0 Å². The fourth-order valence-electron chi connectivity index (χ4n) is 1.56. The predicted molar refractivity (Wildman–Crippen MR) is 78.3 cm³/mol. The lowest BCUT2D eigenvalue weighted by molar-refractivity contribution is 0.205. The van der Waals surface area contributed by atoms with E-state index in [1.165, 1.54) is 0 Å². The van der Waals surface area contributed by atoms with Crippen molar-refractivity contribution in [3.05, 3.63) is 10.8 Å². The highest BCUT2D eigenvalue weighted by Gasteiger charge is 2.13. The summed E-state index contributed by atoms with van der Waals surface area (Å²) < 4.78 is 6.03. The molecule has 0 fully saturated rings. The van der Waals surface area contributed by atoms with Crippen molar-refractivity contribution in [1.29, 1.82) is 0 Å². The third-order valence-electron chi connectivity index (χ3n) is 2.56. The first-order valence-electron chi connectivity index (χ1n) is 6.22. The highest BCUT2D eigenvalue weighted by Crippen LogP contribution is 2.29. The Balaban J connectivity index is 2.86. The van der Waals surface area contributed by atoms with E-state index in [0.29, 0.717) is 6.61 Å². The topological polar surface area (TPSA) is 50.3 Å². The molecule has 1 rings (SSSR count). The smallest absolute Gasteiger partial charge is 0.148 e. The molecule has 0 atom stereocenters. The van der Waals surface area contributed by atoms with Crippen LogP contribution >= 0.6 is 15.9 Å². The molecule has 5 nitrogen and oxygen atoms in total. The molecule has 0 aliphatic carbocycles. The van der Waals surface area contributed by atoms with Gasteiger partial charge in [0.05, 0.1) is 6.61 Å². The van der Waals surface area contributed by atoms with Crippen LogP contribution in [-0.4, -0.2) is 43.3 Å². The van der Waals surface area contributed by atoms with E-state index in [2.05, 4.69) is 50.0 Å². The zero-order valence-corrected chi connectivity index (χ0v) is 12.8. The second kappa shape index (κ2) is 8.26. The Bertz CT molecular complexity index is 362. The normalized spacial score (nSPS) is 10.4. The van der Waals surface area contributed by atoms with Crippen molar-refractivity contribution in [2.75, 3.05) is 43.6 Å². The number of methoxy groups -OCH3 is 1. The van der Waals surface area contributed by atoms with Gasteiger partial charge in [-0.15, -0.1) is 0 Å². The molecule has 6 heteroatoms. The van der Waals surface area contributed by atoms with Gasteiger partial charge in [-0.05, 0) is 29.3 Å². The standard InChI is InChI=1S/C12H21BrN4O/c1-4-6-14-11-10(13)12(16-9-15-11)17(5-2)7-8-18-3/h9H,4-8H2,1-3H3,(H,14,15,16). The highest BCUT2D eigenvalue weighted by molar-refractivity contribution is 9.10. The van der Waals surface area contributed by atoms with Crippen LogP contribution in [0.2, 0.25) is 0 Å². The zero-order chi connectivity index (χ0) is 13.4. The van der Waals surface area contributed by atoms with Gasteiger partial charge >= 0.3 is 0 Å². The first-order chi connectivity index (χ1) is 8.74. The summed E-state index contributed by atoms with van der Waals surface area (Å²) in [5.41, 5.74) is 0. The number of ether oxygens (including phenoxy) is 1. The van der Waals surface area contributed by atoms with Crippen LogP contribution in [0.1, 0.15) is 20.3 Å². The van der Waals surface area contributed by atoms with Crippen molar-refractivity contribution < 1.29 is 4.74 Å². The zero-order valence-electron chi connectivity index (χ0n) is 11.2. The minimum Gasteiger partial charge on any atom is -0.383 e. The van der Waals surface area contributed by atoms with Crippen molar-refractivity contribution in [2.24, 2.45) is 0 Å². The first-order valence-corrected chi connectivity index (χ1v) is 7.02. The van der Waals surface area contributed by atoms with Gasteiger partial charge in [0.1, 0.15) is 22.4 Å². The average Bonchev–Trinajstić information content (AvgIpc) is 2.40. The number of anilines is 2. The molecule has 0 aromatic carbocycles. The number of aromatic nitrogens is 2. The number of hydrogen-bond donors (Lipinski definition) is 1. The van der Waals surface area contributed by atoms with E-state index in [1.807, 2.05) is 0 Å². The summed E-state index contributed by atoms with van der Waals surface area (Å²) in [7, 11) is 1.71. The molecule has 0 spiro atoms. The van der Waals surface area contributed by atoms with Gasteiger partial charge in [-0.1, -0.05) is 6.92 Å². The van der Waals surface area contributed by atoms with Gasteiger partial charge in [0.25, 0.3) is 0 Å². The molecule has 0 amide bonds. The van der Waals surface area contributed by atoms with Crippen molar-refractivity contribution in [2.45, 2.75) is 20.3 Å². The van der Waals surface area contributed by atoms with Crippen LogP contribution in [0, 0.1) is 0 Å². The molecule has 0 saturated carbocycles. The third kappa shape index (κ3) is 4.10. The monoisotopic (exact) mass is 316 g/mol. The minimum atomic E-state index is 0.683. The number of rotatable bonds is 8. The van der Waals surface area contributed by atoms with Gasteiger partial charge in [0, 0.05) is 26.7 Å². The molecule has 0 unspecified atom stereocenters. The van der Waals surface area contributed by atoms with Crippen LogP contribution < -0.4 is 10.2 Å². The van der Waals surface area contributed by atoms with E-state index in [1.54, 1.807) is 13.4 Å². The Morgan fingerprint density at radius 3 is 2.78 bits per heavy atom. The largest absolute Gasteiger partial charge is 0.383 e. The lowest BCUT2D eigenvalue weighted by Gasteiger charge is -2.23. The van der Waals surface area contributed by atoms with Crippen LogP contribution in [0.3, 0.4) is 0 Å². The SMILES string of the molecule is CCCNc1ncnc(N(CC)CCOC)c1Br. The summed E-state index contributed by atoms with van der Waals surface area (Å²) in [6, 6.07) is 0. The van der Waals surface area contributed by atoms with E-state index in [4.69, 9.17) is 4.74 Å². The van der Waals surface area contributed by atoms with Gasteiger partial charge in [-0.2, -0.15) is 0 Å². The molecule has 1 aromatic heterocycles. The van der Waals surface area contributed by atoms with Crippen LogP contribution in [0.15, 0.2) is 10.8 Å². The molecule has 0 radical (unpaired) electrons. The molecule has 1 N–H and O–H groups in total. The fraction of sp³-hybridized carbons (Fsp3) is 0.667. The van der Waals surface area contributed by atoms with E-state index < -0.39 is 0 Å². The summed E-state index contributed by atoms with van der Waals surface area (Å²) >= 11 is 3.57. The van der Waals surface area contributed by atoms with Crippen LogP contribution in [0.25, 0.3) is 0 Å². The Labute approximate surface area is 117 Å². The van der Waals surface area contributed by atoms with Crippen molar-refractivity contribution in [3.8, 4) is 0 Å². The Morgan fingerprint density at radius 1 is 1.39 bits per heavy atom. The predicted octanol–water partition coefficient (Wildman–Crippen LogP) is 2.53. The lowest BCUT2D eigenvalue weighted by Crippen LogP contribution is -2.28. The van der Waals surface area contributed by atoms with Gasteiger partial charge < -0.3 is 15.0 Å². The molecule has 0 aliphatic heterocycles. The van der Waals surface area contributed by atoms with Gasteiger partial charge in [0.2, 0.25) is 0 Å². The second-order valence-corrected chi connectivity index (χ2v) is 4.65. The summed E-state index contributed by atoms with van der Waals surface area (Å²) in [6.45, 7) is 7.51. The number of nitrogens with one attached hydrogen (secondary N) is 1. The van der Waals surface area contributed by atoms with E-state index in [9.17, 15) is 0 Å². The summed E-state index contributed by atoms with van der Waals surface area (Å²) in [6.07, 6.45) is 2.65. The summed E-state index contributed by atoms with van der Waals surface area (Å²) in [5.74, 6) is 1.75. The number of hydrogen-bond acceptors (Lipinski definition) is 5. The minimum absolute atomic E-state index is 0.683. The first kappa shape index (κ1) is 15.2. The molecular weight excluding hydrogens is 296 g/mol. The Kier molecular flexibility index (Phi) is 6.97. The number of nitrogens with zero attached hydrogens (tertiary/aromatic N) is 3. The average molecular weight is 317 g/mol. The van der Waals surface area contributed by atoms with E-state index in [0.717, 1.165) is 42.2 Å². The molecule has 0 saturated heterocycles. The molecule has 102 valence electrons. The quantitative estimate of drug-likeness (QED) is 0.798. The maximum Gasteiger partial charge on any atom is 0.148 e. The maximum absolute atomic E-state index is 5.11.